The van der Waals surface area contributed by atoms with Crippen molar-refractivity contribution >= 4 is 65.4 Å². The molecule has 0 unspecified atom stereocenters. The van der Waals surface area contributed by atoms with Crippen LogP contribution in [0.15, 0.2) is 23.3 Å². The summed E-state index contributed by atoms with van der Waals surface area (Å²) in [6.07, 6.45) is -3.12. The van der Waals surface area contributed by atoms with Crippen LogP contribution in [0.1, 0.15) is 12.5 Å². The van der Waals surface area contributed by atoms with Crippen molar-refractivity contribution in [2.45, 2.75) is 49.3 Å². The molecule has 0 saturated heterocycles. The zero-order valence-corrected chi connectivity index (χ0v) is 20.3. The fraction of sp³-hybridized carbons (Fsp3) is 0.556. The Balaban J connectivity index is 2.45. The average Bonchev–Trinajstić information content (AvgIpc) is 2.99. The van der Waals surface area contributed by atoms with Crippen molar-refractivity contribution < 1.29 is 22.6 Å². The normalized spacial score (nSPS) is 13.9. The summed E-state index contributed by atoms with van der Waals surface area (Å²) in [7, 11) is -1.26. The first-order valence-electron chi connectivity index (χ1n) is 9.15. The second-order valence-corrected chi connectivity index (χ2v) is 15.7. The van der Waals surface area contributed by atoms with E-state index in [1.165, 1.54) is 10.9 Å². The van der Waals surface area contributed by atoms with Crippen molar-refractivity contribution in [3.63, 3.8) is 0 Å². The number of aromatic nitrogens is 2. The minimum Gasteiger partial charge on any atom is -0.478 e. The monoisotopic (exact) mass is 503 g/mol. The number of hydrogen-bond acceptors (Lipinski definition) is 4. The maximum atomic E-state index is 13.4. The Labute approximate surface area is 189 Å². The lowest BCUT2D eigenvalue weighted by Crippen LogP contribution is -2.22. The summed E-state index contributed by atoms with van der Waals surface area (Å²) in [5.74, 6) is -0.337. The number of benzene rings is 1. The van der Waals surface area contributed by atoms with Crippen LogP contribution in [-0.4, -0.2) is 40.8 Å². The van der Waals surface area contributed by atoms with Gasteiger partial charge in [0.1, 0.15) is 12.2 Å². The van der Waals surface area contributed by atoms with Crippen LogP contribution < -0.4 is 0 Å². The van der Waals surface area contributed by atoms with Crippen LogP contribution in [-0.2, 0) is 22.4 Å². The number of nitrogens with zero attached hydrogens (tertiary/aromatic N) is 3. The number of fused-ring (bicyclic) bond motifs is 1. The van der Waals surface area contributed by atoms with Gasteiger partial charge in [-0.05, 0) is 25.1 Å². The quantitative estimate of drug-likeness (QED) is 0.137. The lowest BCUT2D eigenvalue weighted by Gasteiger charge is -2.15. The van der Waals surface area contributed by atoms with Gasteiger partial charge in [-0.25, -0.2) is 9.67 Å². The molecule has 0 fully saturated rings. The smallest absolute Gasteiger partial charge is 0.416 e. The number of alkyl halides is 6. The number of rotatable bonds is 7. The van der Waals surface area contributed by atoms with Crippen LogP contribution in [0, 0.1) is 0 Å². The standard InChI is InChI=1S/C18H23Cl3F3N3O2Si/c1-5-29-16(17(19,20)21)25-14-9-13(18(22,23)24)8-12-10-27(26-15(12)14)11-28-6-7-30(2,3)4/h8-10H,5-7,11H2,1-4H3. The van der Waals surface area contributed by atoms with E-state index in [2.05, 4.69) is 29.7 Å². The van der Waals surface area contributed by atoms with Crippen LogP contribution in [0.5, 0.6) is 0 Å². The lowest BCUT2D eigenvalue weighted by molar-refractivity contribution is -0.137. The molecular weight excluding hydrogens is 482 g/mol. The first-order chi connectivity index (χ1) is 13.7. The summed E-state index contributed by atoms with van der Waals surface area (Å²) in [6, 6.07) is 2.80. The third-order valence-corrected chi connectivity index (χ3v) is 6.12. The summed E-state index contributed by atoms with van der Waals surface area (Å²) in [5, 5.41) is 4.54. The van der Waals surface area contributed by atoms with Gasteiger partial charge in [-0.2, -0.15) is 18.3 Å². The zero-order valence-electron chi connectivity index (χ0n) is 17.0. The Morgan fingerprint density at radius 2 is 1.87 bits per heavy atom. The molecule has 2 aromatic rings. The van der Waals surface area contributed by atoms with Crippen LogP contribution in [0.3, 0.4) is 0 Å². The highest BCUT2D eigenvalue weighted by Crippen LogP contribution is 2.38. The Morgan fingerprint density at radius 1 is 1.20 bits per heavy atom. The zero-order chi connectivity index (χ0) is 22.7. The van der Waals surface area contributed by atoms with E-state index in [1.807, 2.05) is 0 Å². The summed E-state index contributed by atoms with van der Waals surface area (Å²) in [6.45, 7) is 9.08. The third kappa shape index (κ3) is 7.30. The molecule has 0 radical (unpaired) electrons. The predicted molar refractivity (Wildman–Crippen MR) is 118 cm³/mol. The summed E-state index contributed by atoms with van der Waals surface area (Å²) < 4.78 is 50.4. The average molecular weight is 505 g/mol. The van der Waals surface area contributed by atoms with Crippen molar-refractivity contribution in [1.29, 1.82) is 0 Å². The molecule has 2 rings (SSSR count). The molecule has 168 valence electrons. The Bertz CT molecular complexity index is 906. The van der Waals surface area contributed by atoms with Crippen LogP contribution in [0.25, 0.3) is 10.9 Å². The van der Waals surface area contributed by atoms with Gasteiger partial charge in [-0.15, -0.1) is 0 Å². The molecule has 0 aliphatic carbocycles. The SMILES string of the molecule is CCOC(=Nc1cc(C(F)(F)F)cc2cn(COCC[Si](C)(C)C)nc12)C(Cl)(Cl)Cl. The van der Waals surface area contributed by atoms with Crippen LogP contribution >= 0.6 is 34.8 Å². The van der Waals surface area contributed by atoms with Crippen molar-refractivity contribution in [3.8, 4) is 0 Å². The fourth-order valence-corrected chi connectivity index (χ4v) is 3.49. The van der Waals surface area contributed by atoms with Gasteiger partial charge >= 0.3 is 6.18 Å². The van der Waals surface area contributed by atoms with Gasteiger partial charge in [0.05, 0.1) is 17.9 Å². The largest absolute Gasteiger partial charge is 0.478 e. The number of aliphatic imine (C=N–C) groups is 1. The molecule has 1 aromatic carbocycles. The van der Waals surface area contributed by atoms with Gasteiger partial charge in [-0.1, -0.05) is 54.4 Å². The Kier molecular flexibility index (Phi) is 8.12. The molecule has 0 aliphatic rings. The molecule has 0 aliphatic heterocycles. The van der Waals surface area contributed by atoms with Crippen molar-refractivity contribution in [1.82, 2.24) is 9.78 Å². The number of hydrogen-bond donors (Lipinski definition) is 0. The van der Waals surface area contributed by atoms with Crippen molar-refractivity contribution in [2.24, 2.45) is 4.99 Å². The molecule has 0 saturated carbocycles. The van der Waals surface area contributed by atoms with Crippen LogP contribution in [0.2, 0.25) is 25.7 Å². The molecule has 5 nitrogen and oxygen atoms in total. The van der Waals surface area contributed by atoms with Gasteiger partial charge in [0, 0.05) is 26.3 Å². The molecule has 0 spiro atoms. The summed E-state index contributed by atoms with van der Waals surface area (Å²) in [5.41, 5.74) is -0.799. The maximum absolute atomic E-state index is 13.4. The van der Waals surface area contributed by atoms with E-state index in [1.54, 1.807) is 6.92 Å². The summed E-state index contributed by atoms with van der Waals surface area (Å²) >= 11 is 17.5. The minimum absolute atomic E-state index is 0.104. The highest BCUT2D eigenvalue weighted by atomic mass is 35.6. The van der Waals surface area contributed by atoms with Crippen LogP contribution in [0.4, 0.5) is 18.9 Å². The molecule has 1 aromatic heterocycles. The van der Waals surface area contributed by atoms with E-state index >= 15 is 0 Å². The molecule has 0 N–H and O–H groups in total. The van der Waals surface area contributed by atoms with E-state index < -0.39 is 23.6 Å². The Hall–Kier alpha value is -1.00. The highest BCUT2D eigenvalue weighted by Gasteiger charge is 2.34. The topological polar surface area (TPSA) is 48.6 Å². The Morgan fingerprint density at radius 3 is 2.40 bits per heavy atom. The molecule has 1 heterocycles. The molecular formula is C18H23Cl3F3N3O2Si. The lowest BCUT2D eigenvalue weighted by atomic mass is 10.1. The maximum Gasteiger partial charge on any atom is 0.416 e. The van der Waals surface area contributed by atoms with E-state index in [0.29, 0.717) is 6.61 Å². The molecule has 12 heteroatoms. The van der Waals surface area contributed by atoms with Crippen molar-refractivity contribution in [2.75, 3.05) is 13.2 Å². The molecule has 30 heavy (non-hydrogen) atoms. The van der Waals surface area contributed by atoms with Crippen molar-refractivity contribution in [3.05, 3.63) is 23.9 Å². The van der Waals surface area contributed by atoms with E-state index in [-0.39, 0.29) is 35.8 Å². The molecule has 0 amide bonds. The van der Waals surface area contributed by atoms with E-state index in [9.17, 15) is 13.2 Å². The second-order valence-electron chi connectivity index (χ2n) is 7.80. The fourth-order valence-electron chi connectivity index (χ4n) is 2.44. The van der Waals surface area contributed by atoms with Gasteiger partial charge in [-0.3, -0.25) is 0 Å². The van der Waals surface area contributed by atoms with Gasteiger partial charge in [0.15, 0.2) is 0 Å². The first kappa shape index (κ1) is 25.3. The van der Waals surface area contributed by atoms with E-state index in [0.717, 1.165) is 18.2 Å². The molecule has 0 bridgehead atoms. The first-order valence-corrected chi connectivity index (χ1v) is 14.0. The predicted octanol–water partition coefficient (Wildman–Crippen LogP) is 6.80. The third-order valence-electron chi connectivity index (χ3n) is 3.93. The van der Waals surface area contributed by atoms with Gasteiger partial charge in [0.2, 0.25) is 5.90 Å². The number of ether oxygens (including phenoxy) is 2. The van der Waals surface area contributed by atoms with Gasteiger partial charge in [0.25, 0.3) is 3.79 Å². The minimum atomic E-state index is -4.58. The van der Waals surface area contributed by atoms with E-state index in [4.69, 9.17) is 44.3 Å². The molecule has 0 atom stereocenters. The highest BCUT2D eigenvalue weighted by molar-refractivity contribution is 6.76. The number of halogens is 6. The second kappa shape index (κ2) is 9.64. The van der Waals surface area contributed by atoms with Gasteiger partial charge < -0.3 is 9.47 Å². The summed E-state index contributed by atoms with van der Waals surface area (Å²) in [4.78, 5) is 4.05.